The van der Waals surface area contributed by atoms with Gasteiger partial charge in [-0.1, -0.05) is 23.7 Å². The van der Waals surface area contributed by atoms with E-state index in [0.717, 1.165) is 12.8 Å². The van der Waals surface area contributed by atoms with Crippen molar-refractivity contribution in [1.82, 2.24) is 0 Å². The van der Waals surface area contributed by atoms with Gasteiger partial charge in [-0.3, -0.25) is 9.00 Å². The number of halogens is 1. The lowest BCUT2D eigenvalue weighted by Gasteiger charge is -2.09. The molecular weight excluding hydrogens is 232 g/mol. The van der Waals surface area contributed by atoms with Crippen LogP contribution in [0.4, 0.5) is 0 Å². The summed E-state index contributed by atoms with van der Waals surface area (Å²) >= 11 is 5.94. The van der Waals surface area contributed by atoms with E-state index in [2.05, 4.69) is 0 Å². The van der Waals surface area contributed by atoms with Crippen LogP contribution in [-0.2, 0) is 15.6 Å². The molecule has 0 saturated heterocycles. The van der Waals surface area contributed by atoms with Crippen molar-refractivity contribution in [2.24, 2.45) is 0 Å². The molecule has 1 aromatic carbocycles. The largest absolute Gasteiger partial charge is 0.298 e. The van der Waals surface area contributed by atoms with E-state index in [1.165, 1.54) is 0 Å². The lowest BCUT2D eigenvalue weighted by Crippen LogP contribution is -2.19. The fraction of sp³-hybridized carbons (Fsp3) is 0.364. The summed E-state index contributed by atoms with van der Waals surface area (Å²) in [6.07, 6.45) is 2.12. The molecule has 0 aromatic heterocycles. The molecule has 2 rings (SSSR count). The predicted molar refractivity (Wildman–Crippen MR) is 60.5 cm³/mol. The smallest absolute Gasteiger partial charge is 0.148 e. The molecule has 15 heavy (non-hydrogen) atoms. The number of rotatable bonds is 2. The third-order valence-electron chi connectivity index (χ3n) is 2.56. The maximum Gasteiger partial charge on any atom is 0.148 e. The Labute approximate surface area is 96.1 Å². The number of carbonyl (C=O) groups excluding carboxylic acids is 1. The van der Waals surface area contributed by atoms with Gasteiger partial charge in [-0.2, -0.15) is 0 Å². The average Bonchev–Trinajstić information content (AvgIpc) is 2.64. The summed E-state index contributed by atoms with van der Waals surface area (Å²) in [6.45, 7) is 0. The Bertz CT molecular complexity index is 417. The minimum absolute atomic E-state index is 0.105. The molecule has 0 N–H and O–H groups in total. The van der Waals surface area contributed by atoms with Crippen LogP contribution in [0, 0.1) is 0 Å². The second-order valence-corrected chi connectivity index (χ2v) is 5.59. The van der Waals surface area contributed by atoms with Gasteiger partial charge in [-0.05, 0) is 25.0 Å². The molecule has 1 aliphatic rings. The molecule has 0 heterocycles. The highest BCUT2D eigenvalue weighted by Gasteiger charge is 2.31. The average molecular weight is 243 g/mol. The standard InChI is InChI=1S/C11H11ClO2S/c12-8-4-1-2-6-10(8)15(14)11-7-3-5-9(11)13/h1-2,4,6,11H,3,5,7H2. The van der Waals surface area contributed by atoms with Crippen LogP contribution in [-0.4, -0.2) is 15.2 Å². The van der Waals surface area contributed by atoms with E-state index >= 15 is 0 Å². The summed E-state index contributed by atoms with van der Waals surface area (Å²) in [4.78, 5) is 12.0. The predicted octanol–water partition coefficient (Wildman–Crippen LogP) is 2.57. The summed E-state index contributed by atoms with van der Waals surface area (Å²) in [5.41, 5.74) is 0. The van der Waals surface area contributed by atoms with E-state index in [9.17, 15) is 9.00 Å². The normalized spacial score (nSPS) is 23.0. The van der Waals surface area contributed by atoms with Crippen molar-refractivity contribution < 1.29 is 9.00 Å². The Morgan fingerprint density at radius 1 is 1.33 bits per heavy atom. The Hall–Kier alpha value is -0.670. The van der Waals surface area contributed by atoms with E-state index in [4.69, 9.17) is 11.6 Å². The van der Waals surface area contributed by atoms with E-state index in [-0.39, 0.29) is 11.0 Å². The first kappa shape index (κ1) is 10.8. The van der Waals surface area contributed by atoms with Gasteiger partial charge in [-0.15, -0.1) is 0 Å². The van der Waals surface area contributed by atoms with Gasteiger partial charge >= 0.3 is 0 Å². The van der Waals surface area contributed by atoms with Crippen LogP contribution in [0.1, 0.15) is 19.3 Å². The van der Waals surface area contributed by atoms with Gasteiger partial charge in [-0.25, -0.2) is 0 Å². The van der Waals surface area contributed by atoms with Crippen molar-refractivity contribution in [3.63, 3.8) is 0 Å². The Morgan fingerprint density at radius 2 is 2.07 bits per heavy atom. The van der Waals surface area contributed by atoms with Gasteiger partial charge in [0.15, 0.2) is 0 Å². The molecule has 2 atom stereocenters. The van der Waals surface area contributed by atoms with Gasteiger partial charge in [0.25, 0.3) is 0 Å². The zero-order valence-electron chi connectivity index (χ0n) is 8.11. The van der Waals surface area contributed by atoms with Crippen LogP contribution in [0.3, 0.4) is 0 Å². The highest BCUT2D eigenvalue weighted by Crippen LogP contribution is 2.27. The highest BCUT2D eigenvalue weighted by atomic mass is 35.5. The lowest BCUT2D eigenvalue weighted by atomic mass is 10.3. The molecule has 2 unspecified atom stereocenters. The molecule has 1 aliphatic carbocycles. The Kier molecular flexibility index (Phi) is 3.22. The van der Waals surface area contributed by atoms with Crippen molar-refractivity contribution in [3.8, 4) is 0 Å². The van der Waals surface area contributed by atoms with Crippen LogP contribution < -0.4 is 0 Å². The number of hydrogen-bond donors (Lipinski definition) is 0. The number of ketones is 1. The van der Waals surface area contributed by atoms with Crippen molar-refractivity contribution in [2.75, 3.05) is 0 Å². The van der Waals surface area contributed by atoms with Gasteiger partial charge < -0.3 is 0 Å². The number of benzene rings is 1. The fourth-order valence-corrected chi connectivity index (χ4v) is 3.65. The molecule has 0 amide bonds. The van der Waals surface area contributed by atoms with Crippen molar-refractivity contribution >= 4 is 28.2 Å². The van der Waals surface area contributed by atoms with Crippen LogP contribution in [0.2, 0.25) is 5.02 Å². The summed E-state index contributed by atoms with van der Waals surface area (Å²) in [6, 6.07) is 7.01. The van der Waals surface area contributed by atoms with E-state index in [1.54, 1.807) is 24.3 Å². The highest BCUT2D eigenvalue weighted by molar-refractivity contribution is 7.86. The lowest BCUT2D eigenvalue weighted by molar-refractivity contribution is -0.117. The van der Waals surface area contributed by atoms with Crippen molar-refractivity contribution in [3.05, 3.63) is 29.3 Å². The second-order valence-electron chi connectivity index (χ2n) is 3.58. The van der Waals surface area contributed by atoms with Crippen molar-refractivity contribution in [2.45, 2.75) is 29.4 Å². The van der Waals surface area contributed by atoms with Crippen LogP contribution in [0.25, 0.3) is 0 Å². The number of Topliss-reactive ketones (excluding diaryl/α,β-unsaturated/α-hetero) is 1. The molecule has 0 radical (unpaired) electrons. The summed E-state index contributed by atoms with van der Waals surface area (Å²) in [7, 11) is -1.28. The van der Waals surface area contributed by atoms with E-state index in [1.807, 2.05) is 0 Å². The molecule has 2 nitrogen and oxygen atoms in total. The molecule has 1 saturated carbocycles. The first-order valence-electron chi connectivity index (χ1n) is 4.88. The number of hydrogen-bond acceptors (Lipinski definition) is 2. The zero-order chi connectivity index (χ0) is 10.8. The molecule has 1 aromatic rings. The molecule has 4 heteroatoms. The number of carbonyl (C=O) groups is 1. The van der Waals surface area contributed by atoms with Gasteiger partial charge in [0.05, 0.1) is 26.0 Å². The molecule has 0 bridgehead atoms. The quantitative estimate of drug-likeness (QED) is 0.799. The summed E-state index contributed by atoms with van der Waals surface area (Å²) < 4.78 is 12.1. The topological polar surface area (TPSA) is 34.1 Å². The van der Waals surface area contributed by atoms with Crippen LogP contribution in [0.5, 0.6) is 0 Å². The van der Waals surface area contributed by atoms with Gasteiger partial charge in [0.1, 0.15) is 5.78 Å². The van der Waals surface area contributed by atoms with Crippen LogP contribution >= 0.6 is 11.6 Å². The summed E-state index contributed by atoms with van der Waals surface area (Å²) in [5.74, 6) is 0.105. The zero-order valence-corrected chi connectivity index (χ0v) is 9.68. The molecule has 0 aliphatic heterocycles. The second kappa shape index (κ2) is 4.45. The molecular formula is C11H11ClO2S. The van der Waals surface area contributed by atoms with E-state index in [0.29, 0.717) is 16.3 Å². The third-order valence-corrected chi connectivity index (χ3v) is 4.81. The molecule has 0 spiro atoms. The fourth-order valence-electron chi connectivity index (χ4n) is 1.77. The molecule has 80 valence electrons. The van der Waals surface area contributed by atoms with E-state index < -0.39 is 10.8 Å². The Morgan fingerprint density at radius 3 is 2.67 bits per heavy atom. The van der Waals surface area contributed by atoms with Gasteiger partial charge in [0.2, 0.25) is 0 Å². The minimum atomic E-state index is -1.28. The SMILES string of the molecule is O=C1CCCC1S(=O)c1ccccc1Cl. The Balaban J connectivity index is 2.28. The first-order chi connectivity index (χ1) is 7.20. The van der Waals surface area contributed by atoms with Crippen molar-refractivity contribution in [1.29, 1.82) is 0 Å². The minimum Gasteiger partial charge on any atom is -0.298 e. The maximum absolute atomic E-state index is 12.1. The van der Waals surface area contributed by atoms with Crippen LogP contribution in [0.15, 0.2) is 29.2 Å². The molecule has 1 fully saturated rings. The third kappa shape index (κ3) is 2.13. The monoisotopic (exact) mass is 242 g/mol. The van der Waals surface area contributed by atoms with Gasteiger partial charge in [0, 0.05) is 6.42 Å². The summed E-state index contributed by atoms with van der Waals surface area (Å²) in [5, 5.41) is 0.139. The maximum atomic E-state index is 12.1. The first-order valence-corrected chi connectivity index (χ1v) is 6.47.